The second-order valence-electron chi connectivity index (χ2n) is 8.69. The monoisotopic (exact) mass is 441 g/mol. The molecule has 2 N–H and O–H groups in total. The second kappa shape index (κ2) is 9.86. The Labute approximate surface area is 189 Å². The van der Waals surface area contributed by atoms with E-state index in [-0.39, 0.29) is 5.91 Å². The molecule has 0 bridgehead atoms. The van der Waals surface area contributed by atoms with Crippen LogP contribution in [0.3, 0.4) is 0 Å². The zero-order chi connectivity index (χ0) is 21.7. The van der Waals surface area contributed by atoms with Crippen molar-refractivity contribution in [2.45, 2.75) is 57.3 Å². The van der Waals surface area contributed by atoms with Crippen molar-refractivity contribution < 1.29 is 4.79 Å². The van der Waals surface area contributed by atoms with Gasteiger partial charge in [0.25, 0.3) is 0 Å². The fourth-order valence-corrected chi connectivity index (χ4v) is 4.98. The van der Waals surface area contributed by atoms with Crippen molar-refractivity contribution in [3.63, 3.8) is 0 Å². The molecular weight excluding hydrogens is 410 g/mol. The van der Waals surface area contributed by atoms with Crippen molar-refractivity contribution in [2.75, 3.05) is 36.4 Å². The zero-order valence-electron chi connectivity index (χ0n) is 18.3. The number of anilines is 2. The van der Waals surface area contributed by atoms with Gasteiger partial charge in [-0.3, -0.25) is 4.79 Å². The zero-order valence-corrected chi connectivity index (χ0v) is 19.0. The minimum atomic E-state index is -0.433. The summed E-state index contributed by atoms with van der Waals surface area (Å²) in [6.45, 7) is 5.21. The number of halogens is 1. The molecule has 0 radical (unpaired) electrons. The number of hydrogen-bond acceptors (Lipinski definition) is 5. The summed E-state index contributed by atoms with van der Waals surface area (Å²) in [6, 6.07) is 9.77. The molecule has 0 atom stereocenters. The molecule has 4 rings (SSSR count). The highest BCUT2D eigenvalue weighted by Crippen LogP contribution is 2.41. The standard InChI is InChI=1S/C24H32ClN5O/c1-18-28-21(17-22(29-18)30-15-5-2-6-16-30)26-13-14-27-23(31)24(11-3-4-12-24)19-7-9-20(25)10-8-19/h7-10,17H,2-6,11-16H2,1H3,(H,27,31)(H,26,28,29). The molecule has 6 nitrogen and oxygen atoms in total. The lowest BCUT2D eigenvalue weighted by molar-refractivity contribution is -0.126. The number of amides is 1. The fraction of sp³-hybridized carbons (Fsp3) is 0.542. The lowest BCUT2D eigenvalue weighted by atomic mass is 9.78. The average molecular weight is 442 g/mol. The molecule has 1 aromatic heterocycles. The van der Waals surface area contributed by atoms with Crippen LogP contribution in [0.2, 0.25) is 5.02 Å². The van der Waals surface area contributed by atoms with E-state index in [9.17, 15) is 4.79 Å². The van der Waals surface area contributed by atoms with Crippen LogP contribution in [0.5, 0.6) is 0 Å². The molecule has 2 aliphatic rings. The van der Waals surface area contributed by atoms with Gasteiger partial charge in [-0.25, -0.2) is 9.97 Å². The Morgan fingerprint density at radius 1 is 1.03 bits per heavy atom. The van der Waals surface area contributed by atoms with Gasteiger partial charge in [0.15, 0.2) is 0 Å². The van der Waals surface area contributed by atoms with Gasteiger partial charge in [-0.15, -0.1) is 0 Å². The first-order valence-corrected chi connectivity index (χ1v) is 11.8. The van der Waals surface area contributed by atoms with Gasteiger partial charge in [-0.1, -0.05) is 36.6 Å². The molecule has 1 amide bonds. The van der Waals surface area contributed by atoms with Crippen molar-refractivity contribution in [1.82, 2.24) is 15.3 Å². The fourth-order valence-electron chi connectivity index (χ4n) is 4.86. The van der Waals surface area contributed by atoms with E-state index < -0.39 is 5.41 Å². The van der Waals surface area contributed by atoms with Crippen molar-refractivity contribution in [3.8, 4) is 0 Å². The summed E-state index contributed by atoms with van der Waals surface area (Å²) >= 11 is 6.05. The number of aryl methyl sites for hydroxylation is 1. The maximum Gasteiger partial charge on any atom is 0.230 e. The van der Waals surface area contributed by atoms with E-state index in [2.05, 4.69) is 25.5 Å². The SMILES string of the molecule is Cc1nc(NCCNC(=O)C2(c3ccc(Cl)cc3)CCCC2)cc(N2CCCCC2)n1. The third-order valence-electron chi connectivity index (χ3n) is 6.51. The Morgan fingerprint density at radius 3 is 2.45 bits per heavy atom. The van der Waals surface area contributed by atoms with Crippen LogP contribution >= 0.6 is 11.6 Å². The summed E-state index contributed by atoms with van der Waals surface area (Å²) in [7, 11) is 0. The van der Waals surface area contributed by atoms with Gasteiger partial charge >= 0.3 is 0 Å². The molecule has 2 heterocycles. The second-order valence-corrected chi connectivity index (χ2v) is 9.12. The first kappa shape index (κ1) is 21.9. The Bertz CT molecular complexity index is 889. The predicted molar refractivity (Wildman–Crippen MR) is 126 cm³/mol. The molecule has 1 saturated heterocycles. The molecule has 1 aliphatic heterocycles. The largest absolute Gasteiger partial charge is 0.368 e. The summed E-state index contributed by atoms with van der Waals surface area (Å²) in [5.74, 6) is 2.69. The van der Waals surface area contributed by atoms with Crippen molar-refractivity contribution in [2.24, 2.45) is 0 Å². The minimum Gasteiger partial charge on any atom is -0.368 e. The van der Waals surface area contributed by atoms with Crippen LogP contribution in [0.25, 0.3) is 0 Å². The Hall–Kier alpha value is -2.34. The quantitative estimate of drug-likeness (QED) is 0.620. The number of nitrogens with one attached hydrogen (secondary N) is 2. The van der Waals surface area contributed by atoms with Gasteiger partial charge in [0.05, 0.1) is 5.41 Å². The van der Waals surface area contributed by atoms with E-state index in [1.54, 1.807) is 0 Å². The molecule has 1 aliphatic carbocycles. The molecule has 7 heteroatoms. The van der Waals surface area contributed by atoms with Gasteiger partial charge in [-0.2, -0.15) is 0 Å². The first-order chi connectivity index (χ1) is 15.1. The third kappa shape index (κ3) is 5.12. The van der Waals surface area contributed by atoms with Crippen molar-refractivity contribution >= 4 is 29.1 Å². The Morgan fingerprint density at radius 2 is 1.74 bits per heavy atom. The summed E-state index contributed by atoms with van der Waals surface area (Å²) in [6.07, 6.45) is 7.65. The number of hydrogen-bond donors (Lipinski definition) is 2. The van der Waals surface area contributed by atoms with Gasteiger partial charge in [0, 0.05) is 37.3 Å². The molecule has 1 aromatic carbocycles. The molecule has 1 saturated carbocycles. The first-order valence-electron chi connectivity index (χ1n) is 11.5. The van der Waals surface area contributed by atoms with Crippen molar-refractivity contribution in [1.29, 1.82) is 0 Å². The van der Waals surface area contributed by atoms with Crippen LogP contribution in [0.1, 0.15) is 56.3 Å². The predicted octanol–water partition coefficient (Wildman–Crippen LogP) is 4.47. The van der Waals surface area contributed by atoms with E-state index in [1.165, 1.54) is 19.3 Å². The number of carbonyl (C=O) groups excluding carboxylic acids is 1. The van der Waals surface area contributed by atoms with Crippen LogP contribution in [0, 0.1) is 6.92 Å². The van der Waals surface area contributed by atoms with Crippen LogP contribution in [-0.2, 0) is 10.2 Å². The highest BCUT2D eigenvalue weighted by Gasteiger charge is 2.42. The Balaban J connectivity index is 1.34. The summed E-state index contributed by atoms with van der Waals surface area (Å²) < 4.78 is 0. The lowest BCUT2D eigenvalue weighted by Gasteiger charge is -2.29. The van der Waals surface area contributed by atoms with Crippen molar-refractivity contribution in [3.05, 3.63) is 46.7 Å². The molecule has 31 heavy (non-hydrogen) atoms. The number of aromatic nitrogens is 2. The smallest absolute Gasteiger partial charge is 0.230 e. The minimum absolute atomic E-state index is 0.113. The average Bonchev–Trinajstić information content (AvgIpc) is 3.28. The van der Waals surface area contributed by atoms with Crippen LogP contribution in [-0.4, -0.2) is 42.1 Å². The Kier molecular flexibility index (Phi) is 6.96. The molecule has 0 spiro atoms. The van der Waals surface area contributed by atoms with E-state index in [1.807, 2.05) is 37.3 Å². The number of nitrogens with zero attached hydrogens (tertiary/aromatic N) is 3. The van der Waals surface area contributed by atoms with Gasteiger partial charge in [-0.05, 0) is 56.7 Å². The van der Waals surface area contributed by atoms with Gasteiger partial charge in [0.1, 0.15) is 17.5 Å². The molecule has 2 aromatic rings. The number of piperidine rings is 1. The summed E-state index contributed by atoms with van der Waals surface area (Å²) in [5, 5.41) is 7.21. The topological polar surface area (TPSA) is 70.2 Å². The normalized spacial score (nSPS) is 18.1. The van der Waals surface area contributed by atoms with E-state index in [0.29, 0.717) is 18.1 Å². The van der Waals surface area contributed by atoms with Gasteiger partial charge in [0.2, 0.25) is 5.91 Å². The van der Waals surface area contributed by atoms with Gasteiger partial charge < -0.3 is 15.5 Å². The number of rotatable bonds is 7. The maximum atomic E-state index is 13.2. The third-order valence-corrected chi connectivity index (χ3v) is 6.76. The number of carbonyl (C=O) groups is 1. The summed E-state index contributed by atoms with van der Waals surface area (Å²) in [4.78, 5) is 24.6. The van der Waals surface area contributed by atoms with Crippen LogP contribution < -0.4 is 15.5 Å². The summed E-state index contributed by atoms with van der Waals surface area (Å²) in [5.41, 5.74) is 0.634. The molecule has 0 unspecified atom stereocenters. The highest BCUT2D eigenvalue weighted by atomic mass is 35.5. The van der Waals surface area contributed by atoms with E-state index in [0.717, 1.165) is 61.8 Å². The van der Waals surface area contributed by atoms with Crippen LogP contribution in [0.4, 0.5) is 11.6 Å². The molecule has 2 fully saturated rings. The number of benzene rings is 1. The highest BCUT2D eigenvalue weighted by molar-refractivity contribution is 6.30. The molecule has 166 valence electrons. The van der Waals surface area contributed by atoms with E-state index in [4.69, 9.17) is 11.6 Å². The lowest BCUT2D eigenvalue weighted by Crippen LogP contribution is -2.44. The van der Waals surface area contributed by atoms with E-state index >= 15 is 0 Å². The van der Waals surface area contributed by atoms with Crippen LogP contribution in [0.15, 0.2) is 30.3 Å². The maximum absolute atomic E-state index is 13.2. The molecular formula is C24H32ClN5O.